The van der Waals surface area contributed by atoms with Crippen LogP contribution in [-0.2, 0) is 6.42 Å². The van der Waals surface area contributed by atoms with Gasteiger partial charge in [-0.1, -0.05) is 25.5 Å². The van der Waals surface area contributed by atoms with E-state index >= 15 is 4.39 Å². The maximum absolute atomic E-state index is 15.6. The largest absolute Gasteiger partial charge is 0.382 e. The molecule has 1 aromatic heterocycles. The van der Waals surface area contributed by atoms with Gasteiger partial charge in [-0.3, -0.25) is 4.98 Å². The van der Waals surface area contributed by atoms with Crippen LogP contribution < -0.4 is 5.73 Å². The molecule has 0 bridgehead atoms. The van der Waals surface area contributed by atoms with Crippen LogP contribution in [0.4, 0.5) is 10.2 Å². The SMILES string of the molecule is C/C=C\N(C)CC(C)CCc1c(C2CCC2)ccc(-c2cnc(N)cn2)c1F. The molecule has 1 aromatic carbocycles. The summed E-state index contributed by atoms with van der Waals surface area (Å²) in [5, 5.41) is 0. The van der Waals surface area contributed by atoms with E-state index < -0.39 is 0 Å². The molecule has 28 heavy (non-hydrogen) atoms. The topological polar surface area (TPSA) is 55.0 Å². The zero-order chi connectivity index (χ0) is 20.1. The highest BCUT2D eigenvalue weighted by atomic mass is 19.1. The number of hydrogen-bond donors (Lipinski definition) is 1. The molecule has 0 radical (unpaired) electrons. The van der Waals surface area contributed by atoms with Crippen molar-refractivity contribution in [2.45, 2.75) is 51.9 Å². The Bertz CT molecular complexity index is 812. The molecule has 0 saturated heterocycles. The molecule has 5 heteroatoms. The summed E-state index contributed by atoms with van der Waals surface area (Å²) >= 11 is 0. The van der Waals surface area contributed by atoms with E-state index in [2.05, 4.69) is 41.1 Å². The lowest BCUT2D eigenvalue weighted by Gasteiger charge is -2.29. The normalized spacial score (nSPS) is 15.6. The summed E-state index contributed by atoms with van der Waals surface area (Å²) in [6, 6.07) is 3.96. The van der Waals surface area contributed by atoms with Crippen LogP contribution in [0.2, 0.25) is 0 Å². The number of nitrogen functional groups attached to an aromatic ring is 1. The van der Waals surface area contributed by atoms with Crippen LogP contribution in [0, 0.1) is 11.7 Å². The van der Waals surface area contributed by atoms with E-state index in [4.69, 9.17) is 5.73 Å². The van der Waals surface area contributed by atoms with Gasteiger partial charge in [-0.15, -0.1) is 0 Å². The summed E-state index contributed by atoms with van der Waals surface area (Å²) in [5.41, 5.74) is 8.73. The number of hydrogen-bond acceptors (Lipinski definition) is 4. The number of rotatable bonds is 8. The van der Waals surface area contributed by atoms with Crippen molar-refractivity contribution >= 4 is 5.82 Å². The Morgan fingerprint density at radius 3 is 2.68 bits per heavy atom. The Morgan fingerprint density at radius 2 is 2.07 bits per heavy atom. The minimum Gasteiger partial charge on any atom is -0.382 e. The van der Waals surface area contributed by atoms with Crippen molar-refractivity contribution in [1.82, 2.24) is 14.9 Å². The molecule has 1 saturated carbocycles. The van der Waals surface area contributed by atoms with Gasteiger partial charge in [-0.25, -0.2) is 9.37 Å². The number of anilines is 1. The Kier molecular flexibility index (Phi) is 6.65. The minimum absolute atomic E-state index is 0.141. The predicted octanol–water partition coefficient (Wildman–Crippen LogP) is 5.17. The van der Waals surface area contributed by atoms with Crippen molar-refractivity contribution in [2.24, 2.45) is 5.92 Å². The molecular weight excluding hydrogens is 351 g/mol. The average Bonchev–Trinajstić information content (AvgIpc) is 2.61. The van der Waals surface area contributed by atoms with Crippen LogP contribution in [0.3, 0.4) is 0 Å². The van der Waals surface area contributed by atoms with E-state index in [1.165, 1.54) is 18.2 Å². The molecule has 1 unspecified atom stereocenters. The number of halogens is 1. The molecule has 1 aliphatic carbocycles. The summed E-state index contributed by atoms with van der Waals surface area (Å²) in [7, 11) is 2.08. The number of nitrogens with zero attached hydrogens (tertiary/aromatic N) is 3. The third kappa shape index (κ3) is 4.70. The molecule has 2 aromatic rings. The third-order valence-electron chi connectivity index (χ3n) is 5.66. The van der Waals surface area contributed by atoms with E-state index in [1.54, 1.807) is 6.20 Å². The minimum atomic E-state index is -0.141. The van der Waals surface area contributed by atoms with Crippen molar-refractivity contribution in [1.29, 1.82) is 0 Å². The highest BCUT2D eigenvalue weighted by molar-refractivity contribution is 5.62. The summed E-state index contributed by atoms with van der Waals surface area (Å²) in [6.07, 6.45) is 12.4. The Hall–Kier alpha value is -2.43. The maximum atomic E-state index is 15.6. The number of benzene rings is 1. The third-order valence-corrected chi connectivity index (χ3v) is 5.66. The van der Waals surface area contributed by atoms with Crippen molar-refractivity contribution in [3.8, 4) is 11.3 Å². The molecule has 150 valence electrons. The summed E-state index contributed by atoms with van der Waals surface area (Å²) in [5.74, 6) is 1.18. The standard InChI is InChI=1S/C23H31FN4/c1-4-12-28(3)15-16(2)8-9-19-18(17-6-5-7-17)10-11-20(23(19)24)21-13-27-22(25)14-26-21/h4,10-14,16-17H,5-9,15H2,1-3H3,(H2,25,27)/b12-4-. The van der Waals surface area contributed by atoms with Crippen molar-refractivity contribution in [3.05, 3.63) is 53.7 Å². The fourth-order valence-electron chi connectivity index (χ4n) is 3.96. The molecule has 2 N–H and O–H groups in total. The van der Waals surface area contributed by atoms with Gasteiger partial charge in [0.05, 0.1) is 18.1 Å². The molecule has 1 aliphatic rings. The smallest absolute Gasteiger partial charge is 0.141 e. The molecule has 1 atom stereocenters. The molecule has 1 fully saturated rings. The zero-order valence-electron chi connectivity index (χ0n) is 17.2. The number of aromatic nitrogens is 2. The quantitative estimate of drug-likeness (QED) is 0.684. The number of allylic oxidation sites excluding steroid dienone is 1. The van der Waals surface area contributed by atoms with Crippen LogP contribution in [0.1, 0.15) is 56.6 Å². The van der Waals surface area contributed by atoms with E-state index in [1.807, 2.05) is 19.1 Å². The predicted molar refractivity (Wildman–Crippen MR) is 113 cm³/mol. The fraction of sp³-hybridized carbons (Fsp3) is 0.478. The Labute approximate surface area is 167 Å². The Balaban J connectivity index is 1.84. The van der Waals surface area contributed by atoms with Crippen LogP contribution >= 0.6 is 0 Å². The summed E-state index contributed by atoms with van der Waals surface area (Å²) in [6.45, 7) is 5.22. The molecule has 4 nitrogen and oxygen atoms in total. The molecule has 0 amide bonds. The lowest BCUT2D eigenvalue weighted by atomic mass is 9.76. The van der Waals surface area contributed by atoms with Crippen molar-refractivity contribution in [2.75, 3.05) is 19.3 Å². The van der Waals surface area contributed by atoms with Crippen LogP contribution in [0.5, 0.6) is 0 Å². The van der Waals surface area contributed by atoms with E-state index in [9.17, 15) is 0 Å². The van der Waals surface area contributed by atoms with Crippen LogP contribution in [0.25, 0.3) is 11.3 Å². The molecule has 3 rings (SSSR count). The van der Waals surface area contributed by atoms with Gasteiger partial charge in [-0.2, -0.15) is 0 Å². The van der Waals surface area contributed by atoms with Gasteiger partial charge < -0.3 is 10.6 Å². The van der Waals surface area contributed by atoms with E-state index in [0.717, 1.165) is 37.8 Å². The second-order valence-corrected chi connectivity index (χ2v) is 8.02. The molecule has 0 aliphatic heterocycles. The fourth-order valence-corrected chi connectivity index (χ4v) is 3.96. The highest BCUT2D eigenvalue weighted by Gasteiger charge is 2.25. The van der Waals surface area contributed by atoms with E-state index in [0.29, 0.717) is 28.9 Å². The highest BCUT2D eigenvalue weighted by Crippen LogP contribution is 2.40. The first-order chi connectivity index (χ1) is 13.5. The monoisotopic (exact) mass is 382 g/mol. The molecular formula is C23H31FN4. The zero-order valence-corrected chi connectivity index (χ0v) is 17.2. The van der Waals surface area contributed by atoms with Gasteiger partial charge in [0, 0.05) is 19.2 Å². The van der Waals surface area contributed by atoms with E-state index in [-0.39, 0.29) is 5.82 Å². The second kappa shape index (κ2) is 9.18. The van der Waals surface area contributed by atoms with Crippen LogP contribution in [0.15, 0.2) is 36.8 Å². The Morgan fingerprint density at radius 1 is 1.29 bits per heavy atom. The lowest BCUT2D eigenvalue weighted by Crippen LogP contribution is -2.20. The summed E-state index contributed by atoms with van der Waals surface area (Å²) < 4.78 is 15.6. The van der Waals surface area contributed by atoms with Crippen molar-refractivity contribution in [3.63, 3.8) is 0 Å². The lowest BCUT2D eigenvalue weighted by molar-refractivity contribution is 0.355. The first-order valence-electron chi connectivity index (χ1n) is 10.2. The van der Waals surface area contributed by atoms with Gasteiger partial charge in [-0.05, 0) is 67.8 Å². The molecule has 0 spiro atoms. The van der Waals surface area contributed by atoms with Gasteiger partial charge in [0.1, 0.15) is 11.6 Å². The maximum Gasteiger partial charge on any atom is 0.141 e. The van der Waals surface area contributed by atoms with Gasteiger partial charge in [0.15, 0.2) is 0 Å². The van der Waals surface area contributed by atoms with Gasteiger partial charge in [0.25, 0.3) is 0 Å². The van der Waals surface area contributed by atoms with Gasteiger partial charge in [0.2, 0.25) is 0 Å². The molecule has 1 heterocycles. The van der Waals surface area contributed by atoms with Crippen molar-refractivity contribution < 1.29 is 4.39 Å². The number of nitrogens with two attached hydrogens (primary N) is 1. The second-order valence-electron chi connectivity index (χ2n) is 8.02. The summed E-state index contributed by atoms with van der Waals surface area (Å²) in [4.78, 5) is 10.5. The van der Waals surface area contributed by atoms with Gasteiger partial charge >= 0.3 is 0 Å². The average molecular weight is 383 g/mol. The van der Waals surface area contributed by atoms with Crippen LogP contribution in [-0.4, -0.2) is 28.5 Å². The first-order valence-corrected chi connectivity index (χ1v) is 10.2. The first kappa shape index (κ1) is 20.3.